The van der Waals surface area contributed by atoms with Crippen molar-refractivity contribution in [2.75, 3.05) is 0 Å². The number of nitrogens with one attached hydrogen (secondary N) is 2. The van der Waals surface area contributed by atoms with Crippen molar-refractivity contribution in [3.63, 3.8) is 0 Å². The zero-order valence-corrected chi connectivity index (χ0v) is 13.6. The van der Waals surface area contributed by atoms with Gasteiger partial charge in [-0.3, -0.25) is 4.79 Å². The summed E-state index contributed by atoms with van der Waals surface area (Å²) in [7, 11) is 0. The Bertz CT molecular complexity index is 351. The summed E-state index contributed by atoms with van der Waals surface area (Å²) >= 11 is 0. The molecule has 21 heavy (non-hydrogen) atoms. The van der Waals surface area contributed by atoms with Crippen molar-refractivity contribution < 1.29 is 4.79 Å². The zero-order chi connectivity index (χ0) is 14.7. The molecule has 0 aromatic heterocycles. The van der Waals surface area contributed by atoms with Gasteiger partial charge in [0.15, 0.2) is 0 Å². The lowest BCUT2D eigenvalue weighted by Crippen LogP contribution is -2.56. The number of rotatable bonds is 3. The highest BCUT2D eigenvalue weighted by molar-refractivity contribution is 5.82. The number of hydrogen-bond acceptors (Lipinski definition) is 2. The van der Waals surface area contributed by atoms with Gasteiger partial charge in [0, 0.05) is 12.1 Å². The first kappa shape index (κ1) is 15.3. The molecule has 1 aliphatic heterocycles. The summed E-state index contributed by atoms with van der Waals surface area (Å²) in [5.41, 5.74) is 0. The van der Waals surface area contributed by atoms with Crippen LogP contribution in [0.4, 0.5) is 0 Å². The fraction of sp³-hybridized carbons (Fsp3) is 0.944. The second-order valence-corrected chi connectivity index (χ2v) is 7.64. The summed E-state index contributed by atoms with van der Waals surface area (Å²) in [6.07, 6.45) is 14.3. The summed E-state index contributed by atoms with van der Waals surface area (Å²) in [5.74, 6) is 1.80. The Morgan fingerprint density at radius 2 is 1.67 bits per heavy atom. The fourth-order valence-corrected chi connectivity index (χ4v) is 4.78. The van der Waals surface area contributed by atoms with Crippen LogP contribution in [0.3, 0.4) is 0 Å². The van der Waals surface area contributed by atoms with E-state index in [1.807, 2.05) is 0 Å². The van der Waals surface area contributed by atoms with E-state index in [-0.39, 0.29) is 11.9 Å². The molecule has 3 nitrogen and oxygen atoms in total. The number of fused-ring (bicyclic) bond motifs is 1. The molecule has 2 N–H and O–H groups in total. The quantitative estimate of drug-likeness (QED) is 0.837. The molecule has 120 valence electrons. The van der Waals surface area contributed by atoms with E-state index in [0.717, 1.165) is 12.3 Å². The molecule has 3 heteroatoms. The van der Waals surface area contributed by atoms with E-state index in [1.165, 1.54) is 64.2 Å². The fourth-order valence-electron chi connectivity index (χ4n) is 4.78. The third kappa shape index (κ3) is 3.80. The van der Waals surface area contributed by atoms with Gasteiger partial charge in [-0.05, 0) is 57.3 Å². The number of hydrogen-bond donors (Lipinski definition) is 2. The molecule has 2 aliphatic carbocycles. The molecule has 1 heterocycles. The van der Waals surface area contributed by atoms with Gasteiger partial charge in [-0.1, -0.05) is 32.1 Å². The highest BCUT2D eigenvalue weighted by Crippen LogP contribution is 2.32. The summed E-state index contributed by atoms with van der Waals surface area (Å²) in [4.78, 5) is 12.6. The first-order valence-electron chi connectivity index (χ1n) is 9.30. The van der Waals surface area contributed by atoms with Gasteiger partial charge in [0.2, 0.25) is 5.91 Å². The predicted octanol–water partition coefficient (Wildman–Crippen LogP) is 3.38. The topological polar surface area (TPSA) is 41.1 Å². The van der Waals surface area contributed by atoms with Crippen LogP contribution in [0.15, 0.2) is 0 Å². The summed E-state index contributed by atoms with van der Waals surface area (Å²) in [6, 6.07) is 1.02. The van der Waals surface area contributed by atoms with Crippen molar-refractivity contribution in [2.24, 2.45) is 11.8 Å². The minimum absolute atomic E-state index is 0.0652. The average molecular weight is 292 g/mol. The largest absolute Gasteiger partial charge is 0.352 e. The van der Waals surface area contributed by atoms with E-state index in [2.05, 4.69) is 17.6 Å². The minimum atomic E-state index is 0.0652. The van der Waals surface area contributed by atoms with Crippen LogP contribution in [0.1, 0.15) is 77.6 Å². The molecule has 3 unspecified atom stereocenters. The Hall–Kier alpha value is -0.570. The van der Waals surface area contributed by atoms with E-state index in [0.29, 0.717) is 18.0 Å². The number of carbonyl (C=O) groups excluding carboxylic acids is 1. The number of carbonyl (C=O) groups is 1. The first-order valence-corrected chi connectivity index (χ1v) is 9.30. The van der Waals surface area contributed by atoms with Gasteiger partial charge >= 0.3 is 0 Å². The molecule has 0 spiro atoms. The maximum Gasteiger partial charge on any atom is 0.237 e. The van der Waals surface area contributed by atoms with Crippen LogP contribution in [0.5, 0.6) is 0 Å². The molecule has 3 aliphatic rings. The molecular formula is C18H32N2O. The molecule has 0 bridgehead atoms. The van der Waals surface area contributed by atoms with Crippen LogP contribution in [-0.2, 0) is 4.79 Å². The van der Waals surface area contributed by atoms with Crippen LogP contribution in [0.2, 0.25) is 0 Å². The first-order chi connectivity index (χ1) is 10.2. The standard InChI is InChI=1S/C18H32N2O/c1-13(14-7-3-2-4-8-14)19-18(21)17-12-11-15-9-5-6-10-16(15)20-17/h13-17,20H,2-12H2,1H3,(H,19,21)/t13-,15?,16?,17?/m1/s1. The maximum atomic E-state index is 12.6. The van der Waals surface area contributed by atoms with Crippen LogP contribution < -0.4 is 10.6 Å². The third-order valence-electron chi connectivity index (χ3n) is 6.19. The van der Waals surface area contributed by atoms with Gasteiger partial charge in [0.05, 0.1) is 6.04 Å². The van der Waals surface area contributed by atoms with Crippen molar-refractivity contribution in [2.45, 2.75) is 95.7 Å². The molecule has 0 aromatic carbocycles. The van der Waals surface area contributed by atoms with E-state index in [4.69, 9.17) is 0 Å². The third-order valence-corrected chi connectivity index (χ3v) is 6.19. The normalized spacial score (nSPS) is 35.8. The molecule has 0 radical (unpaired) electrons. The molecule has 1 saturated heterocycles. The lowest BCUT2D eigenvalue weighted by Gasteiger charge is -2.40. The summed E-state index contributed by atoms with van der Waals surface area (Å²) in [5, 5.41) is 6.96. The van der Waals surface area contributed by atoms with Crippen molar-refractivity contribution in [1.29, 1.82) is 0 Å². The van der Waals surface area contributed by atoms with Gasteiger partial charge in [-0.15, -0.1) is 0 Å². The van der Waals surface area contributed by atoms with E-state index >= 15 is 0 Å². The van der Waals surface area contributed by atoms with Crippen molar-refractivity contribution >= 4 is 5.91 Å². The van der Waals surface area contributed by atoms with Crippen molar-refractivity contribution in [1.82, 2.24) is 10.6 Å². The van der Waals surface area contributed by atoms with Gasteiger partial charge in [0.25, 0.3) is 0 Å². The lowest BCUT2D eigenvalue weighted by atomic mass is 9.77. The zero-order valence-electron chi connectivity index (χ0n) is 13.6. The van der Waals surface area contributed by atoms with Gasteiger partial charge in [-0.25, -0.2) is 0 Å². The number of amides is 1. The van der Waals surface area contributed by atoms with Crippen molar-refractivity contribution in [3.8, 4) is 0 Å². The number of piperidine rings is 1. The van der Waals surface area contributed by atoms with Crippen LogP contribution in [-0.4, -0.2) is 24.0 Å². The van der Waals surface area contributed by atoms with Crippen LogP contribution >= 0.6 is 0 Å². The average Bonchev–Trinajstić information content (AvgIpc) is 2.55. The molecular weight excluding hydrogens is 260 g/mol. The molecule has 4 atom stereocenters. The lowest BCUT2D eigenvalue weighted by molar-refractivity contribution is -0.125. The van der Waals surface area contributed by atoms with Crippen LogP contribution in [0.25, 0.3) is 0 Å². The highest BCUT2D eigenvalue weighted by Gasteiger charge is 2.35. The van der Waals surface area contributed by atoms with E-state index in [9.17, 15) is 4.79 Å². The Morgan fingerprint density at radius 3 is 2.48 bits per heavy atom. The smallest absolute Gasteiger partial charge is 0.237 e. The molecule has 3 rings (SSSR count). The van der Waals surface area contributed by atoms with Gasteiger partial charge in [-0.2, -0.15) is 0 Å². The Kier molecular flexibility index (Phi) is 5.20. The predicted molar refractivity (Wildman–Crippen MR) is 86.1 cm³/mol. The molecule has 1 amide bonds. The molecule has 2 saturated carbocycles. The Labute approximate surface area is 129 Å². The van der Waals surface area contributed by atoms with E-state index < -0.39 is 0 Å². The summed E-state index contributed by atoms with van der Waals surface area (Å²) < 4.78 is 0. The van der Waals surface area contributed by atoms with Crippen molar-refractivity contribution in [3.05, 3.63) is 0 Å². The Morgan fingerprint density at radius 1 is 0.952 bits per heavy atom. The molecule has 0 aromatic rings. The maximum absolute atomic E-state index is 12.6. The van der Waals surface area contributed by atoms with Gasteiger partial charge in [0.1, 0.15) is 0 Å². The van der Waals surface area contributed by atoms with E-state index in [1.54, 1.807) is 0 Å². The van der Waals surface area contributed by atoms with Gasteiger partial charge < -0.3 is 10.6 Å². The molecule has 3 fully saturated rings. The minimum Gasteiger partial charge on any atom is -0.352 e. The second-order valence-electron chi connectivity index (χ2n) is 7.64. The second kappa shape index (κ2) is 7.13. The summed E-state index contributed by atoms with van der Waals surface area (Å²) in [6.45, 7) is 2.21. The Balaban J connectivity index is 1.48. The SMILES string of the molecule is C[C@@H](NC(=O)C1CCC2CCCCC2N1)C1CCCCC1. The highest BCUT2D eigenvalue weighted by atomic mass is 16.2. The monoisotopic (exact) mass is 292 g/mol. The van der Waals surface area contributed by atoms with Crippen LogP contribution in [0, 0.1) is 11.8 Å².